The van der Waals surface area contributed by atoms with Crippen LogP contribution in [0.3, 0.4) is 0 Å². The van der Waals surface area contributed by atoms with Crippen LogP contribution in [-0.2, 0) is 11.3 Å². The van der Waals surface area contributed by atoms with Crippen LogP contribution in [0.1, 0.15) is 38.2 Å². The highest BCUT2D eigenvalue weighted by molar-refractivity contribution is 5.79. The van der Waals surface area contributed by atoms with Crippen molar-refractivity contribution in [2.45, 2.75) is 39.2 Å². The van der Waals surface area contributed by atoms with Crippen LogP contribution >= 0.6 is 0 Å². The molecule has 0 radical (unpaired) electrons. The van der Waals surface area contributed by atoms with Crippen LogP contribution in [0.2, 0.25) is 0 Å². The molecule has 1 aromatic rings. The smallest absolute Gasteiger partial charge is 0.225 e. The molecule has 4 heteroatoms. The number of ether oxygens (including phenoxy) is 1. The summed E-state index contributed by atoms with van der Waals surface area (Å²) < 4.78 is 5.48. The molecule has 126 valence electrons. The van der Waals surface area contributed by atoms with Crippen LogP contribution in [-0.4, -0.2) is 48.5 Å². The van der Waals surface area contributed by atoms with Crippen molar-refractivity contribution in [3.63, 3.8) is 0 Å². The van der Waals surface area contributed by atoms with E-state index in [0.717, 1.165) is 51.3 Å². The van der Waals surface area contributed by atoms with Gasteiger partial charge in [-0.15, -0.1) is 0 Å². The number of amides is 1. The van der Waals surface area contributed by atoms with E-state index in [1.54, 1.807) is 0 Å². The summed E-state index contributed by atoms with van der Waals surface area (Å²) in [5.74, 6) is 1.65. The largest absolute Gasteiger partial charge is 0.494 e. The third-order valence-corrected chi connectivity index (χ3v) is 5.03. The summed E-state index contributed by atoms with van der Waals surface area (Å²) in [6.45, 7) is 7.38. The van der Waals surface area contributed by atoms with Crippen molar-refractivity contribution in [1.82, 2.24) is 9.80 Å². The van der Waals surface area contributed by atoms with Gasteiger partial charge >= 0.3 is 0 Å². The first-order chi connectivity index (χ1) is 11.3. The van der Waals surface area contributed by atoms with E-state index in [2.05, 4.69) is 21.9 Å². The molecule has 2 aliphatic rings. The predicted molar refractivity (Wildman–Crippen MR) is 91.4 cm³/mol. The Kier molecular flexibility index (Phi) is 5.55. The fraction of sp³-hybridized carbons (Fsp3) is 0.632. The summed E-state index contributed by atoms with van der Waals surface area (Å²) in [4.78, 5) is 17.0. The van der Waals surface area contributed by atoms with Crippen LogP contribution in [0.15, 0.2) is 24.3 Å². The second kappa shape index (κ2) is 7.82. The molecule has 0 N–H and O–H groups in total. The molecule has 0 atom stereocenters. The van der Waals surface area contributed by atoms with Crippen molar-refractivity contribution in [2.24, 2.45) is 5.92 Å². The molecule has 4 nitrogen and oxygen atoms in total. The highest BCUT2D eigenvalue weighted by Crippen LogP contribution is 2.27. The number of carbonyl (C=O) groups excluding carboxylic acids is 1. The first-order valence-electron chi connectivity index (χ1n) is 8.99. The zero-order chi connectivity index (χ0) is 16.1. The van der Waals surface area contributed by atoms with Gasteiger partial charge in [-0.3, -0.25) is 9.69 Å². The molecule has 1 amide bonds. The Morgan fingerprint density at radius 1 is 1.09 bits per heavy atom. The Bertz CT molecular complexity index is 501. The van der Waals surface area contributed by atoms with Crippen LogP contribution < -0.4 is 4.74 Å². The summed E-state index contributed by atoms with van der Waals surface area (Å²) in [6.07, 6.45) is 4.67. The fourth-order valence-electron chi connectivity index (χ4n) is 3.67. The molecule has 1 aliphatic heterocycles. The average molecular weight is 316 g/mol. The van der Waals surface area contributed by atoms with Crippen molar-refractivity contribution in [3.8, 4) is 5.75 Å². The number of rotatable bonds is 5. The van der Waals surface area contributed by atoms with E-state index in [4.69, 9.17) is 4.74 Å². The standard InChI is InChI=1S/C19H28N2O2/c1-2-23-18-9-7-16(8-10-18)15-20-11-13-21(14-12-20)19(22)17-5-3-4-6-17/h7-10,17H,2-6,11-15H2,1H3. The van der Waals surface area contributed by atoms with Crippen molar-refractivity contribution in [3.05, 3.63) is 29.8 Å². The van der Waals surface area contributed by atoms with E-state index in [9.17, 15) is 4.79 Å². The molecule has 1 saturated heterocycles. The highest BCUT2D eigenvalue weighted by Gasteiger charge is 2.29. The van der Waals surface area contributed by atoms with Crippen LogP contribution in [0.25, 0.3) is 0 Å². The molecular weight excluding hydrogens is 288 g/mol. The zero-order valence-electron chi connectivity index (χ0n) is 14.2. The van der Waals surface area contributed by atoms with Gasteiger partial charge < -0.3 is 9.64 Å². The average Bonchev–Trinajstić information content (AvgIpc) is 3.11. The SMILES string of the molecule is CCOc1ccc(CN2CCN(C(=O)C3CCCC3)CC2)cc1. The van der Waals surface area contributed by atoms with Gasteiger partial charge in [0.15, 0.2) is 0 Å². The molecule has 1 saturated carbocycles. The van der Waals surface area contributed by atoms with Gasteiger partial charge in [0.25, 0.3) is 0 Å². The summed E-state index contributed by atoms with van der Waals surface area (Å²) in [5.41, 5.74) is 1.31. The van der Waals surface area contributed by atoms with Gasteiger partial charge in [-0.05, 0) is 37.5 Å². The van der Waals surface area contributed by atoms with E-state index in [-0.39, 0.29) is 0 Å². The monoisotopic (exact) mass is 316 g/mol. The summed E-state index contributed by atoms with van der Waals surface area (Å²) >= 11 is 0. The minimum absolute atomic E-state index is 0.313. The maximum Gasteiger partial charge on any atom is 0.225 e. The molecule has 0 spiro atoms. The molecule has 3 rings (SSSR count). The summed E-state index contributed by atoms with van der Waals surface area (Å²) in [5, 5.41) is 0. The first kappa shape index (κ1) is 16.3. The Hall–Kier alpha value is -1.55. The lowest BCUT2D eigenvalue weighted by Gasteiger charge is -2.36. The number of carbonyl (C=O) groups is 1. The van der Waals surface area contributed by atoms with Crippen LogP contribution in [0.4, 0.5) is 0 Å². The van der Waals surface area contributed by atoms with E-state index >= 15 is 0 Å². The minimum Gasteiger partial charge on any atom is -0.494 e. The normalized spacial score (nSPS) is 20.0. The van der Waals surface area contributed by atoms with Gasteiger partial charge in [0, 0.05) is 38.6 Å². The number of hydrogen-bond donors (Lipinski definition) is 0. The van der Waals surface area contributed by atoms with E-state index in [0.29, 0.717) is 18.4 Å². The lowest BCUT2D eigenvalue weighted by molar-refractivity contribution is -0.137. The van der Waals surface area contributed by atoms with Crippen LogP contribution in [0.5, 0.6) is 5.75 Å². The topological polar surface area (TPSA) is 32.8 Å². The molecule has 23 heavy (non-hydrogen) atoms. The molecule has 0 unspecified atom stereocenters. The fourth-order valence-corrected chi connectivity index (χ4v) is 3.67. The lowest BCUT2D eigenvalue weighted by Crippen LogP contribution is -2.49. The van der Waals surface area contributed by atoms with E-state index in [1.165, 1.54) is 18.4 Å². The van der Waals surface area contributed by atoms with Gasteiger partial charge in [-0.1, -0.05) is 25.0 Å². The van der Waals surface area contributed by atoms with E-state index < -0.39 is 0 Å². The van der Waals surface area contributed by atoms with Gasteiger partial charge in [-0.25, -0.2) is 0 Å². The maximum absolute atomic E-state index is 12.5. The van der Waals surface area contributed by atoms with Crippen molar-refractivity contribution in [2.75, 3.05) is 32.8 Å². The maximum atomic E-state index is 12.5. The first-order valence-corrected chi connectivity index (χ1v) is 8.99. The highest BCUT2D eigenvalue weighted by atomic mass is 16.5. The molecule has 1 aliphatic carbocycles. The van der Waals surface area contributed by atoms with Gasteiger partial charge in [0.1, 0.15) is 5.75 Å². The predicted octanol–water partition coefficient (Wildman–Crippen LogP) is 2.92. The molecular formula is C19H28N2O2. The molecule has 1 aromatic carbocycles. The Morgan fingerprint density at radius 3 is 2.35 bits per heavy atom. The molecule has 0 bridgehead atoms. The van der Waals surface area contributed by atoms with Gasteiger partial charge in [0.05, 0.1) is 6.61 Å². The Balaban J connectivity index is 1.46. The summed E-state index contributed by atoms with van der Waals surface area (Å²) in [6, 6.07) is 8.36. The van der Waals surface area contributed by atoms with Crippen molar-refractivity contribution < 1.29 is 9.53 Å². The Labute approximate surface area is 139 Å². The number of piperazine rings is 1. The van der Waals surface area contributed by atoms with Crippen molar-refractivity contribution >= 4 is 5.91 Å². The summed E-state index contributed by atoms with van der Waals surface area (Å²) in [7, 11) is 0. The number of nitrogens with zero attached hydrogens (tertiary/aromatic N) is 2. The lowest BCUT2D eigenvalue weighted by atomic mass is 10.1. The minimum atomic E-state index is 0.313. The van der Waals surface area contributed by atoms with Gasteiger partial charge in [0.2, 0.25) is 5.91 Å². The quantitative estimate of drug-likeness (QED) is 0.837. The third-order valence-electron chi connectivity index (χ3n) is 5.03. The number of benzene rings is 1. The number of hydrogen-bond acceptors (Lipinski definition) is 3. The Morgan fingerprint density at radius 2 is 1.74 bits per heavy atom. The third kappa shape index (κ3) is 4.25. The second-order valence-corrected chi connectivity index (χ2v) is 6.66. The molecule has 2 fully saturated rings. The molecule has 1 heterocycles. The zero-order valence-corrected chi connectivity index (χ0v) is 14.2. The van der Waals surface area contributed by atoms with Gasteiger partial charge in [-0.2, -0.15) is 0 Å². The second-order valence-electron chi connectivity index (χ2n) is 6.66. The molecule has 0 aromatic heterocycles. The van der Waals surface area contributed by atoms with Crippen LogP contribution in [0, 0.1) is 5.92 Å². The van der Waals surface area contributed by atoms with Crippen molar-refractivity contribution in [1.29, 1.82) is 0 Å². The van der Waals surface area contributed by atoms with E-state index in [1.807, 2.05) is 19.1 Å².